The second-order valence-electron chi connectivity index (χ2n) is 4.02. The fourth-order valence-corrected chi connectivity index (χ4v) is 1.61. The summed E-state index contributed by atoms with van der Waals surface area (Å²) in [6, 6.07) is 12.6. The second kappa shape index (κ2) is 4.76. The topological polar surface area (TPSA) is 12.0 Å². The normalized spacial score (nSPS) is 11.3. The van der Waals surface area contributed by atoms with E-state index in [-0.39, 0.29) is 0 Å². The third-order valence-electron chi connectivity index (χ3n) is 2.64. The van der Waals surface area contributed by atoms with Gasteiger partial charge in [-0.3, -0.25) is 0 Å². The number of hydrogen-bond acceptors (Lipinski definition) is 1. The number of alkyl halides is 3. The molecule has 2 aromatic rings. The first-order valence-electron chi connectivity index (χ1n) is 5.47. The minimum atomic E-state index is -4.29. The standard InChI is InChI=1S/C13H11BF3N/c14-11-3-1-2-4-12(11)18-10-7-5-9(6-8-10)13(15,16)17/h1-8,18H,14H2. The van der Waals surface area contributed by atoms with Gasteiger partial charge in [-0.15, -0.1) is 0 Å². The lowest BCUT2D eigenvalue weighted by Gasteiger charge is -2.11. The molecule has 0 aliphatic heterocycles. The minimum Gasteiger partial charge on any atom is -0.356 e. The van der Waals surface area contributed by atoms with Crippen LogP contribution in [-0.4, -0.2) is 7.85 Å². The largest absolute Gasteiger partial charge is 0.416 e. The lowest BCUT2D eigenvalue weighted by atomic mass is 9.94. The van der Waals surface area contributed by atoms with Gasteiger partial charge in [-0.05, 0) is 30.3 Å². The van der Waals surface area contributed by atoms with Crippen molar-refractivity contribution in [1.29, 1.82) is 0 Å². The molecule has 0 aliphatic rings. The highest BCUT2D eigenvalue weighted by atomic mass is 19.4. The zero-order valence-electron chi connectivity index (χ0n) is 9.75. The van der Waals surface area contributed by atoms with E-state index in [0.29, 0.717) is 5.69 Å². The molecular weight excluding hydrogens is 238 g/mol. The van der Waals surface area contributed by atoms with Crippen LogP contribution < -0.4 is 10.8 Å². The lowest BCUT2D eigenvalue weighted by molar-refractivity contribution is -0.137. The van der Waals surface area contributed by atoms with Gasteiger partial charge in [0.05, 0.1) is 5.56 Å². The van der Waals surface area contributed by atoms with Crippen LogP contribution in [0.1, 0.15) is 5.56 Å². The van der Waals surface area contributed by atoms with E-state index in [9.17, 15) is 13.2 Å². The average molecular weight is 249 g/mol. The lowest BCUT2D eigenvalue weighted by Crippen LogP contribution is -2.09. The van der Waals surface area contributed by atoms with Crippen LogP contribution >= 0.6 is 0 Å². The highest BCUT2D eigenvalue weighted by molar-refractivity contribution is 6.35. The number of nitrogens with one attached hydrogen (secondary N) is 1. The van der Waals surface area contributed by atoms with Gasteiger partial charge in [-0.1, -0.05) is 23.7 Å². The monoisotopic (exact) mass is 249 g/mol. The summed E-state index contributed by atoms with van der Waals surface area (Å²) in [5.41, 5.74) is 1.92. The Bertz CT molecular complexity index is 535. The first kappa shape index (κ1) is 12.5. The second-order valence-corrected chi connectivity index (χ2v) is 4.02. The quantitative estimate of drug-likeness (QED) is 0.807. The highest BCUT2D eigenvalue weighted by Crippen LogP contribution is 2.30. The molecule has 92 valence electrons. The highest BCUT2D eigenvalue weighted by Gasteiger charge is 2.29. The van der Waals surface area contributed by atoms with E-state index in [0.717, 1.165) is 23.3 Å². The van der Waals surface area contributed by atoms with Gasteiger partial charge in [0.25, 0.3) is 0 Å². The van der Waals surface area contributed by atoms with Crippen LogP contribution in [0.2, 0.25) is 0 Å². The van der Waals surface area contributed by atoms with E-state index in [1.54, 1.807) is 0 Å². The summed E-state index contributed by atoms with van der Waals surface area (Å²) in [5.74, 6) is 0. The number of anilines is 2. The molecule has 2 aromatic carbocycles. The molecule has 0 heterocycles. The first-order chi connectivity index (χ1) is 8.47. The maximum absolute atomic E-state index is 12.4. The Morgan fingerprint density at radius 2 is 1.50 bits per heavy atom. The Morgan fingerprint density at radius 1 is 0.889 bits per heavy atom. The molecule has 5 heteroatoms. The molecule has 1 nitrogen and oxygen atoms in total. The number of halogens is 3. The van der Waals surface area contributed by atoms with Crippen LogP contribution in [0.5, 0.6) is 0 Å². The fraction of sp³-hybridized carbons (Fsp3) is 0.0769. The molecule has 0 saturated heterocycles. The summed E-state index contributed by atoms with van der Waals surface area (Å²) in [7, 11) is 1.94. The summed E-state index contributed by atoms with van der Waals surface area (Å²) in [6.07, 6.45) is -4.29. The van der Waals surface area contributed by atoms with Crippen molar-refractivity contribution in [2.75, 3.05) is 5.32 Å². The van der Waals surface area contributed by atoms with Crippen molar-refractivity contribution in [3.63, 3.8) is 0 Å². The maximum Gasteiger partial charge on any atom is 0.416 e. The molecule has 0 atom stereocenters. The van der Waals surface area contributed by atoms with Crippen LogP contribution in [0.15, 0.2) is 48.5 Å². The fourth-order valence-electron chi connectivity index (χ4n) is 1.61. The molecule has 18 heavy (non-hydrogen) atoms. The zero-order valence-corrected chi connectivity index (χ0v) is 9.75. The summed E-state index contributed by atoms with van der Waals surface area (Å²) in [5, 5.41) is 3.08. The van der Waals surface area contributed by atoms with E-state index in [1.165, 1.54) is 12.1 Å². The van der Waals surface area contributed by atoms with Gasteiger partial charge in [0.1, 0.15) is 7.85 Å². The average Bonchev–Trinajstić information content (AvgIpc) is 2.32. The van der Waals surface area contributed by atoms with Crippen molar-refractivity contribution in [3.8, 4) is 0 Å². The Balaban J connectivity index is 2.19. The molecular formula is C13H11BF3N. The van der Waals surface area contributed by atoms with Gasteiger partial charge in [-0.2, -0.15) is 13.2 Å². The zero-order chi connectivity index (χ0) is 13.2. The summed E-state index contributed by atoms with van der Waals surface area (Å²) in [4.78, 5) is 0. The number of rotatable bonds is 2. The summed E-state index contributed by atoms with van der Waals surface area (Å²) >= 11 is 0. The van der Waals surface area contributed by atoms with Crippen molar-refractivity contribution in [1.82, 2.24) is 0 Å². The van der Waals surface area contributed by atoms with E-state index >= 15 is 0 Å². The Labute approximate surface area is 104 Å². The van der Waals surface area contributed by atoms with Gasteiger partial charge in [0.2, 0.25) is 0 Å². The smallest absolute Gasteiger partial charge is 0.356 e. The summed E-state index contributed by atoms with van der Waals surface area (Å²) < 4.78 is 37.2. The van der Waals surface area contributed by atoms with Crippen LogP contribution in [0.3, 0.4) is 0 Å². The maximum atomic E-state index is 12.4. The SMILES string of the molecule is Bc1ccccc1Nc1ccc(C(F)(F)F)cc1. The number of benzene rings is 2. The molecule has 0 saturated carbocycles. The molecule has 0 unspecified atom stereocenters. The van der Waals surface area contributed by atoms with Crippen LogP contribution in [0.4, 0.5) is 24.5 Å². The molecule has 0 fully saturated rings. The summed E-state index contributed by atoms with van der Waals surface area (Å²) in [6.45, 7) is 0. The number of hydrogen-bond donors (Lipinski definition) is 1. The Morgan fingerprint density at radius 3 is 2.06 bits per heavy atom. The van der Waals surface area contributed by atoms with E-state index in [2.05, 4.69) is 5.32 Å². The van der Waals surface area contributed by atoms with Crippen molar-refractivity contribution in [3.05, 3.63) is 54.1 Å². The van der Waals surface area contributed by atoms with E-state index < -0.39 is 11.7 Å². The Kier molecular flexibility index (Phi) is 3.32. The first-order valence-corrected chi connectivity index (χ1v) is 5.47. The van der Waals surface area contributed by atoms with Crippen molar-refractivity contribution < 1.29 is 13.2 Å². The molecule has 0 amide bonds. The predicted molar refractivity (Wildman–Crippen MR) is 69.3 cm³/mol. The van der Waals surface area contributed by atoms with Crippen LogP contribution in [-0.2, 0) is 6.18 Å². The number of para-hydroxylation sites is 1. The van der Waals surface area contributed by atoms with Crippen molar-refractivity contribution in [2.24, 2.45) is 0 Å². The predicted octanol–water partition coefficient (Wildman–Crippen LogP) is 2.71. The molecule has 0 radical (unpaired) electrons. The van der Waals surface area contributed by atoms with Gasteiger partial charge in [0, 0.05) is 11.4 Å². The Hall–Kier alpha value is -1.91. The third-order valence-corrected chi connectivity index (χ3v) is 2.64. The van der Waals surface area contributed by atoms with Crippen molar-refractivity contribution >= 4 is 24.7 Å². The van der Waals surface area contributed by atoms with Crippen LogP contribution in [0, 0.1) is 0 Å². The van der Waals surface area contributed by atoms with Gasteiger partial charge >= 0.3 is 6.18 Å². The molecule has 0 spiro atoms. The van der Waals surface area contributed by atoms with Gasteiger partial charge in [-0.25, -0.2) is 0 Å². The molecule has 1 N–H and O–H groups in total. The van der Waals surface area contributed by atoms with Gasteiger partial charge in [0.15, 0.2) is 0 Å². The van der Waals surface area contributed by atoms with E-state index in [1.807, 2.05) is 32.1 Å². The molecule has 0 aliphatic carbocycles. The molecule has 0 bridgehead atoms. The van der Waals surface area contributed by atoms with Crippen LogP contribution in [0.25, 0.3) is 0 Å². The van der Waals surface area contributed by atoms with Crippen molar-refractivity contribution in [2.45, 2.75) is 6.18 Å². The van der Waals surface area contributed by atoms with Gasteiger partial charge < -0.3 is 5.32 Å². The van der Waals surface area contributed by atoms with E-state index in [4.69, 9.17) is 0 Å². The molecule has 0 aromatic heterocycles. The molecule has 2 rings (SSSR count). The minimum absolute atomic E-state index is 0.636. The third kappa shape index (κ3) is 2.86.